The van der Waals surface area contributed by atoms with E-state index >= 15 is 0 Å². The minimum Gasteiger partial charge on any atom is -0.394 e. The summed E-state index contributed by atoms with van der Waals surface area (Å²) < 4.78 is 5.43. The molecule has 1 saturated heterocycles. The maximum Gasteiger partial charge on any atom is 0.0726 e. The van der Waals surface area contributed by atoms with Crippen molar-refractivity contribution in [3.05, 3.63) is 0 Å². The van der Waals surface area contributed by atoms with Crippen LogP contribution in [0, 0.1) is 5.92 Å². The van der Waals surface area contributed by atoms with E-state index in [0.29, 0.717) is 18.6 Å². The quantitative estimate of drug-likeness (QED) is 0.608. The van der Waals surface area contributed by atoms with E-state index in [1.165, 1.54) is 6.42 Å². The molecule has 0 bridgehead atoms. The van der Waals surface area contributed by atoms with Crippen molar-refractivity contribution in [1.29, 1.82) is 0 Å². The van der Waals surface area contributed by atoms with Crippen LogP contribution < -0.4 is 5.32 Å². The molecule has 0 spiro atoms. The molecule has 2 atom stereocenters. The Hall–Kier alpha value is -0.120. The second-order valence-electron chi connectivity index (χ2n) is 3.10. The van der Waals surface area contributed by atoms with Crippen molar-refractivity contribution in [2.24, 2.45) is 5.92 Å². The van der Waals surface area contributed by atoms with Gasteiger partial charge < -0.3 is 15.2 Å². The van der Waals surface area contributed by atoms with Gasteiger partial charge in [0.25, 0.3) is 0 Å². The fraction of sp³-hybridized carbons (Fsp3) is 1.00. The number of hydrogen-bond donors (Lipinski definition) is 2. The predicted molar refractivity (Wildman–Crippen MR) is 43.5 cm³/mol. The third-order valence-corrected chi connectivity index (χ3v) is 2.18. The zero-order valence-corrected chi connectivity index (χ0v) is 7.05. The molecule has 0 aromatic carbocycles. The first-order valence-corrected chi connectivity index (χ1v) is 4.27. The van der Waals surface area contributed by atoms with Crippen molar-refractivity contribution >= 4 is 0 Å². The average molecular weight is 159 g/mol. The number of nitrogens with one attached hydrogen (secondary N) is 1. The third-order valence-electron chi connectivity index (χ3n) is 2.18. The Balaban J connectivity index is 2.18. The van der Waals surface area contributed by atoms with Gasteiger partial charge in [-0.25, -0.2) is 0 Å². The topological polar surface area (TPSA) is 41.5 Å². The number of ether oxygens (including phenoxy) is 1. The van der Waals surface area contributed by atoms with Gasteiger partial charge in [-0.05, 0) is 18.9 Å². The molecule has 1 rings (SSSR count). The minimum atomic E-state index is 0.128. The normalized spacial score (nSPS) is 32.2. The van der Waals surface area contributed by atoms with Crippen LogP contribution in [0.2, 0.25) is 0 Å². The molecule has 2 unspecified atom stereocenters. The molecule has 1 heterocycles. The predicted octanol–water partition coefficient (Wildman–Crippen LogP) is -0.00670. The minimum absolute atomic E-state index is 0.128. The van der Waals surface area contributed by atoms with Crippen molar-refractivity contribution in [2.45, 2.75) is 19.4 Å². The van der Waals surface area contributed by atoms with Gasteiger partial charge in [0.15, 0.2) is 0 Å². The maximum absolute atomic E-state index is 8.54. The largest absolute Gasteiger partial charge is 0.394 e. The van der Waals surface area contributed by atoms with Crippen LogP contribution in [0.3, 0.4) is 0 Å². The Morgan fingerprint density at radius 2 is 2.45 bits per heavy atom. The molecule has 11 heavy (non-hydrogen) atoms. The first kappa shape index (κ1) is 8.97. The van der Waals surface area contributed by atoms with Gasteiger partial charge in [0.2, 0.25) is 0 Å². The highest BCUT2D eigenvalue weighted by atomic mass is 16.5. The SMILES string of the molecule is CC1CCNCC1OCCO. The average Bonchev–Trinajstić information content (AvgIpc) is 2.03. The molecule has 0 aliphatic carbocycles. The van der Waals surface area contributed by atoms with Gasteiger partial charge >= 0.3 is 0 Å². The summed E-state index contributed by atoms with van der Waals surface area (Å²) in [6.07, 6.45) is 1.48. The molecule has 1 aliphatic heterocycles. The summed E-state index contributed by atoms with van der Waals surface area (Å²) in [5.74, 6) is 0.628. The molecule has 0 aromatic heterocycles. The number of aliphatic hydroxyl groups excluding tert-OH is 1. The van der Waals surface area contributed by atoms with Crippen LogP contribution in [-0.2, 0) is 4.74 Å². The van der Waals surface area contributed by atoms with Crippen LogP contribution in [0.15, 0.2) is 0 Å². The van der Waals surface area contributed by atoms with Crippen molar-refractivity contribution < 1.29 is 9.84 Å². The number of piperidine rings is 1. The number of hydrogen-bond acceptors (Lipinski definition) is 3. The summed E-state index contributed by atoms with van der Waals surface area (Å²) in [5, 5.41) is 11.8. The Kier molecular flexibility index (Phi) is 3.83. The zero-order chi connectivity index (χ0) is 8.10. The lowest BCUT2D eigenvalue weighted by atomic mass is 9.97. The molecule has 1 aliphatic rings. The van der Waals surface area contributed by atoms with E-state index in [2.05, 4.69) is 12.2 Å². The molecule has 66 valence electrons. The molecular weight excluding hydrogens is 142 g/mol. The number of aliphatic hydroxyl groups is 1. The van der Waals surface area contributed by atoms with Gasteiger partial charge in [-0.15, -0.1) is 0 Å². The lowest BCUT2D eigenvalue weighted by Gasteiger charge is -2.29. The van der Waals surface area contributed by atoms with Crippen molar-refractivity contribution in [1.82, 2.24) is 5.32 Å². The van der Waals surface area contributed by atoms with Crippen LogP contribution in [0.4, 0.5) is 0 Å². The Morgan fingerprint density at radius 1 is 1.64 bits per heavy atom. The summed E-state index contributed by atoms with van der Waals surface area (Å²) in [4.78, 5) is 0. The summed E-state index contributed by atoms with van der Waals surface area (Å²) in [5.41, 5.74) is 0. The molecule has 0 aromatic rings. The fourth-order valence-electron chi connectivity index (χ4n) is 1.39. The van der Waals surface area contributed by atoms with Crippen molar-refractivity contribution in [2.75, 3.05) is 26.3 Å². The van der Waals surface area contributed by atoms with Crippen molar-refractivity contribution in [3.63, 3.8) is 0 Å². The van der Waals surface area contributed by atoms with Crippen LogP contribution >= 0.6 is 0 Å². The Bertz CT molecular complexity index is 108. The van der Waals surface area contributed by atoms with Gasteiger partial charge in [-0.2, -0.15) is 0 Å². The highest BCUT2D eigenvalue weighted by Crippen LogP contribution is 2.13. The van der Waals surface area contributed by atoms with Crippen LogP contribution in [0.1, 0.15) is 13.3 Å². The molecule has 2 N–H and O–H groups in total. The van der Waals surface area contributed by atoms with E-state index in [-0.39, 0.29) is 6.61 Å². The van der Waals surface area contributed by atoms with Gasteiger partial charge in [0.1, 0.15) is 0 Å². The van der Waals surface area contributed by atoms with E-state index < -0.39 is 0 Å². The first-order chi connectivity index (χ1) is 5.34. The van der Waals surface area contributed by atoms with Crippen LogP contribution in [0.25, 0.3) is 0 Å². The highest BCUT2D eigenvalue weighted by Gasteiger charge is 2.20. The van der Waals surface area contributed by atoms with Gasteiger partial charge in [0, 0.05) is 6.54 Å². The van der Waals surface area contributed by atoms with E-state index in [1.54, 1.807) is 0 Å². The zero-order valence-electron chi connectivity index (χ0n) is 7.05. The lowest BCUT2D eigenvalue weighted by molar-refractivity contribution is -0.0118. The summed E-state index contributed by atoms with van der Waals surface area (Å²) in [6, 6.07) is 0. The van der Waals surface area contributed by atoms with E-state index in [1.807, 2.05) is 0 Å². The van der Waals surface area contributed by atoms with Gasteiger partial charge in [-0.1, -0.05) is 6.92 Å². The number of rotatable bonds is 3. The van der Waals surface area contributed by atoms with E-state index in [9.17, 15) is 0 Å². The van der Waals surface area contributed by atoms with Gasteiger partial charge in [0.05, 0.1) is 19.3 Å². The molecule has 0 saturated carbocycles. The smallest absolute Gasteiger partial charge is 0.0726 e. The molecule has 0 radical (unpaired) electrons. The summed E-state index contributed by atoms with van der Waals surface area (Å²) in [6.45, 7) is 4.82. The first-order valence-electron chi connectivity index (χ1n) is 4.27. The summed E-state index contributed by atoms with van der Waals surface area (Å²) in [7, 11) is 0. The second-order valence-corrected chi connectivity index (χ2v) is 3.10. The van der Waals surface area contributed by atoms with E-state index in [0.717, 1.165) is 13.1 Å². The van der Waals surface area contributed by atoms with Gasteiger partial charge in [-0.3, -0.25) is 0 Å². The lowest BCUT2D eigenvalue weighted by Crippen LogP contribution is -2.41. The maximum atomic E-state index is 8.54. The second kappa shape index (κ2) is 4.70. The van der Waals surface area contributed by atoms with E-state index in [4.69, 9.17) is 9.84 Å². The highest BCUT2D eigenvalue weighted by molar-refractivity contribution is 4.75. The summed E-state index contributed by atoms with van der Waals surface area (Å²) >= 11 is 0. The monoisotopic (exact) mass is 159 g/mol. The fourth-order valence-corrected chi connectivity index (χ4v) is 1.39. The van der Waals surface area contributed by atoms with Crippen molar-refractivity contribution in [3.8, 4) is 0 Å². The standard InChI is InChI=1S/C8H17NO2/c1-7-2-3-9-6-8(7)11-5-4-10/h7-10H,2-6H2,1H3. The molecule has 0 amide bonds. The Morgan fingerprint density at radius 3 is 3.09 bits per heavy atom. The molecule has 3 heteroatoms. The Labute approximate surface area is 67.7 Å². The molecule has 1 fully saturated rings. The molecule has 3 nitrogen and oxygen atoms in total. The molecular formula is C8H17NO2. The third kappa shape index (κ3) is 2.77. The van der Waals surface area contributed by atoms with Crippen LogP contribution in [-0.4, -0.2) is 37.5 Å². The van der Waals surface area contributed by atoms with Crippen LogP contribution in [0.5, 0.6) is 0 Å².